The monoisotopic (exact) mass is 506 g/mol. The Morgan fingerprint density at radius 3 is 2.11 bits per heavy atom. The average molecular weight is 507 g/mol. The maximum atomic E-state index is 13.4. The van der Waals surface area contributed by atoms with Crippen molar-refractivity contribution in [3.05, 3.63) is 72.8 Å². The van der Waals surface area contributed by atoms with Gasteiger partial charge in [-0.2, -0.15) is 0 Å². The van der Waals surface area contributed by atoms with Crippen LogP contribution in [-0.2, 0) is 18.7 Å². The van der Waals surface area contributed by atoms with Crippen molar-refractivity contribution < 1.29 is 18.7 Å². The molecule has 36 heavy (non-hydrogen) atoms. The van der Waals surface area contributed by atoms with Crippen molar-refractivity contribution in [2.45, 2.75) is 77.0 Å². The van der Waals surface area contributed by atoms with Crippen molar-refractivity contribution in [2.75, 3.05) is 13.7 Å². The predicted molar refractivity (Wildman–Crippen MR) is 148 cm³/mol. The maximum Gasteiger partial charge on any atom is 0.339 e. The van der Waals surface area contributed by atoms with E-state index in [0.717, 1.165) is 25.7 Å². The number of esters is 1. The van der Waals surface area contributed by atoms with Crippen molar-refractivity contribution >= 4 is 24.7 Å². The molecule has 1 aliphatic heterocycles. The zero-order chi connectivity index (χ0) is 26.0. The summed E-state index contributed by atoms with van der Waals surface area (Å²) in [6.07, 6.45) is 7.95. The average Bonchev–Trinajstić information content (AvgIpc) is 3.22. The summed E-state index contributed by atoms with van der Waals surface area (Å²) in [6.45, 7) is 11.6. The van der Waals surface area contributed by atoms with Gasteiger partial charge in [0, 0.05) is 5.41 Å². The fourth-order valence-corrected chi connectivity index (χ4v) is 11.3. The van der Waals surface area contributed by atoms with Crippen LogP contribution >= 0.6 is 0 Å². The van der Waals surface area contributed by atoms with Gasteiger partial charge >= 0.3 is 5.97 Å². The number of hydrogen-bond acceptors (Lipinski definition) is 4. The summed E-state index contributed by atoms with van der Waals surface area (Å²) in [7, 11) is -1.21. The molecule has 0 bridgehead atoms. The number of hydrogen-bond donors (Lipinski definition) is 0. The van der Waals surface area contributed by atoms with Crippen molar-refractivity contribution in [1.29, 1.82) is 0 Å². The molecule has 0 aromatic heterocycles. The Bertz CT molecular complexity index is 1020. The number of rotatable bonds is 7. The maximum absolute atomic E-state index is 13.4. The van der Waals surface area contributed by atoms with Gasteiger partial charge in [0.05, 0.1) is 19.8 Å². The van der Waals surface area contributed by atoms with E-state index in [1.165, 1.54) is 17.5 Å². The highest BCUT2D eigenvalue weighted by molar-refractivity contribution is 6.99. The van der Waals surface area contributed by atoms with E-state index in [4.69, 9.17) is 13.9 Å². The Labute approximate surface area is 218 Å². The number of benzene rings is 2. The number of carbonyl (C=O) groups is 1. The second kappa shape index (κ2) is 10.3. The smallest absolute Gasteiger partial charge is 0.339 e. The molecule has 0 amide bonds. The first-order valence-electron chi connectivity index (χ1n) is 13.3. The molecule has 4 atom stereocenters. The minimum Gasteiger partial charge on any atom is -0.467 e. The molecule has 5 heteroatoms. The zero-order valence-corrected chi connectivity index (χ0v) is 23.8. The Morgan fingerprint density at radius 1 is 1.06 bits per heavy atom. The van der Waals surface area contributed by atoms with Crippen LogP contribution in [0.5, 0.6) is 0 Å². The SMILES string of the molecule is COC(=O)[C@@]1([C@]2(C)C=CCCC2)O[C@H](CO[Si](c2ccccc2)(c2ccccc2)C(C)(C)C)C[C@H]1C. The van der Waals surface area contributed by atoms with Gasteiger partial charge in [-0.15, -0.1) is 0 Å². The lowest BCUT2D eigenvalue weighted by atomic mass is 9.63. The Morgan fingerprint density at radius 2 is 1.64 bits per heavy atom. The van der Waals surface area contributed by atoms with E-state index >= 15 is 0 Å². The van der Waals surface area contributed by atoms with Crippen molar-refractivity contribution in [3.8, 4) is 0 Å². The van der Waals surface area contributed by atoms with Gasteiger partial charge in [-0.05, 0) is 47.0 Å². The molecular formula is C31H42O4Si. The molecule has 0 radical (unpaired) electrons. The Kier molecular flexibility index (Phi) is 7.66. The zero-order valence-electron chi connectivity index (χ0n) is 22.8. The Hall–Kier alpha value is -2.21. The lowest BCUT2D eigenvalue weighted by molar-refractivity contribution is -0.190. The van der Waals surface area contributed by atoms with Crippen LogP contribution in [0, 0.1) is 11.3 Å². The third kappa shape index (κ3) is 4.40. The molecule has 0 unspecified atom stereocenters. The molecule has 2 aliphatic rings. The van der Waals surface area contributed by atoms with Crippen molar-refractivity contribution in [3.63, 3.8) is 0 Å². The van der Waals surface area contributed by atoms with E-state index in [-0.39, 0.29) is 23.0 Å². The van der Waals surface area contributed by atoms with E-state index in [0.29, 0.717) is 6.61 Å². The highest BCUT2D eigenvalue weighted by atomic mass is 28.4. The van der Waals surface area contributed by atoms with Crippen LogP contribution in [0.4, 0.5) is 0 Å². The molecule has 2 aromatic carbocycles. The highest BCUT2D eigenvalue weighted by Crippen LogP contribution is 2.53. The van der Waals surface area contributed by atoms with Crippen LogP contribution in [0.15, 0.2) is 72.8 Å². The summed E-state index contributed by atoms with van der Waals surface area (Å²) in [5, 5.41) is 2.38. The summed E-state index contributed by atoms with van der Waals surface area (Å²) in [6, 6.07) is 21.3. The van der Waals surface area contributed by atoms with Crippen LogP contribution in [-0.4, -0.2) is 39.7 Å². The minimum absolute atomic E-state index is 0.0189. The normalized spacial score (nSPS) is 28.7. The molecule has 1 fully saturated rings. The fraction of sp³-hybridized carbons (Fsp3) is 0.516. The summed E-state index contributed by atoms with van der Waals surface area (Å²) >= 11 is 0. The molecule has 1 aliphatic carbocycles. The molecule has 1 saturated heterocycles. The van der Waals surface area contributed by atoms with E-state index in [9.17, 15) is 4.79 Å². The number of allylic oxidation sites excluding steroid dienone is 1. The predicted octanol–water partition coefficient (Wildman–Crippen LogP) is 5.65. The first-order chi connectivity index (χ1) is 17.1. The quantitative estimate of drug-likeness (QED) is 0.277. The van der Waals surface area contributed by atoms with E-state index < -0.39 is 19.3 Å². The van der Waals surface area contributed by atoms with Crippen LogP contribution in [0.2, 0.25) is 5.04 Å². The largest absolute Gasteiger partial charge is 0.467 e. The summed E-state index contributed by atoms with van der Waals surface area (Å²) in [4.78, 5) is 13.4. The van der Waals surface area contributed by atoms with Gasteiger partial charge in [0.2, 0.25) is 0 Å². The molecule has 4 nitrogen and oxygen atoms in total. The Balaban J connectivity index is 1.70. The van der Waals surface area contributed by atoms with Gasteiger partial charge in [-0.3, -0.25) is 0 Å². The third-order valence-corrected chi connectivity index (χ3v) is 13.5. The van der Waals surface area contributed by atoms with Crippen LogP contribution in [0.1, 0.15) is 60.3 Å². The van der Waals surface area contributed by atoms with E-state index in [1.807, 2.05) is 0 Å². The van der Waals surface area contributed by atoms with Crippen LogP contribution in [0.25, 0.3) is 0 Å². The van der Waals surface area contributed by atoms with E-state index in [2.05, 4.69) is 107 Å². The summed E-state index contributed by atoms with van der Waals surface area (Å²) in [5.74, 6) is -0.248. The highest BCUT2D eigenvalue weighted by Gasteiger charge is 2.63. The molecule has 0 saturated carbocycles. The summed E-state index contributed by atoms with van der Waals surface area (Å²) in [5.41, 5.74) is -1.40. The number of methoxy groups -OCH3 is 1. The molecule has 1 heterocycles. The van der Waals surface area contributed by atoms with Crippen molar-refractivity contribution in [1.82, 2.24) is 0 Å². The second-order valence-corrected chi connectivity index (χ2v) is 16.1. The van der Waals surface area contributed by atoms with Gasteiger partial charge in [0.25, 0.3) is 8.32 Å². The molecular weight excluding hydrogens is 464 g/mol. The van der Waals surface area contributed by atoms with Gasteiger partial charge in [-0.25, -0.2) is 4.79 Å². The standard InChI is InChI=1S/C31H42O4Si/c1-24-22-25(35-31(24,28(32)33-6)30(5)20-14-9-15-21-30)23-34-36(29(2,3)4,26-16-10-7-11-17-26)27-18-12-8-13-19-27/h7-8,10-14,16-20,24-25H,9,15,21-23H2,1-6H3/t24-,25+,30-,31+/m1/s1. The van der Waals surface area contributed by atoms with Gasteiger partial charge in [0.15, 0.2) is 5.60 Å². The minimum atomic E-state index is -2.69. The molecule has 0 spiro atoms. The summed E-state index contributed by atoms with van der Waals surface area (Å²) < 4.78 is 19.4. The fourth-order valence-electron chi connectivity index (χ4n) is 6.72. The number of ether oxygens (including phenoxy) is 2. The van der Waals surface area contributed by atoms with Crippen molar-refractivity contribution in [2.24, 2.45) is 11.3 Å². The topological polar surface area (TPSA) is 44.8 Å². The lowest BCUT2D eigenvalue weighted by Gasteiger charge is -2.46. The van der Waals surface area contributed by atoms with Gasteiger partial charge < -0.3 is 13.9 Å². The first-order valence-corrected chi connectivity index (χ1v) is 15.2. The third-order valence-electron chi connectivity index (χ3n) is 8.46. The molecule has 4 rings (SSSR count). The van der Waals surface area contributed by atoms with Gasteiger partial charge in [0.1, 0.15) is 0 Å². The molecule has 0 N–H and O–H groups in total. The van der Waals surface area contributed by atoms with Crippen LogP contribution in [0.3, 0.4) is 0 Å². The van der Waals surface area contributed by atoms with Crippen LogP contribution < -0.4 is 10.4 Å². The number of carbonyl (C=O) groups excluding carboxylic acids is 1. The first kappa shape index (κ1) is 26.8. The molecule has 2 aromatic rings. The second-order valence-electron chi connectivity index (χ2n) is 11.8. The van der Waals surface area contributed by atoms with E-state index in [1.54, 1.807) is 0 Å². The molecule has 194 valence electrons. The lowest BCUT2D eigenvalue weighted by Crippen LogP contribution is -2.67. The van der Waals surface area contributed by atoms with Gasteiger partial charge in [-0.1, -0.05) is 107 Å².